The first kappa shape index (κ1) is 15.0. The van der Waals surface area contributed by atoms with Gasteiger partial charge in [0.25, 0.3) is 10.0 Å². The van der Waals surface area contributed by atoms with Crippen molar-refractivity contribution in [1.82, 2.24) is 14.1 Å². The van der Waals surface area contributed by atoms with Gasteiger partial charge in [-0.1, -0.05) is 13.0 Å². The molecule has 0 aliphatic rings. The molecule has 0 aliphatic carbocycles. The predicted octanol–water partition coefficient (Wildman–Crippen LogP) is 2.28. The third-order valence-electron chi connectivity index (χ3n) is 3.01. The third-order valence-corrected chi connectivity index (χ3v) is 4.60. The Kier molecular flexibility index (Phi) is 4.15. The number of sulfonamides is 1. The summed E-state index contributed by atoms with van der Waals surface area (Å²) >= 11 is 0. The fraction of sp³-hybridized carbons (Fsp3) is 0.500. The number of imidazole rings is 1. The van der Waals surface area contributed by atoms with Crippen molar-refractivity contribution in [2.75, 3.05) is 0 Å². The van der Waals surface area contributed by atoms with Gasteiger partial charge in [0.1, 0.15) is 5.82 Å². The summed E-state index contributed by atoms with van der Waals surface area (Å²) in [6.45, 7) is 7.61. The maximum Gasteiger partial charge on any atom is 0.260 e. The van der Waals surface area contributed by atoms with Gasteiger partial charge in [0.2, 0.25) is 0 Å². The van der Waals surface area contributed by atoms with Crippen LogP contribution in [0, 0.1) is 6.92 Å². The smallest absolute Gasteiger partial charge is 0.260 e. The lowest BCUT2D eigenvalue weighted by Crippen LogP contribution is -2.30. The van der Waals surface area contributed by atoms with Gasteiger partial charge in [0.15, 0.2) is 5.03 Å². The Morgan fingerprint density at radius 2 is 2.05 bits per heavy atom. The average Bonchev–Trinajstić information content (AvgIpc) is 2.69. The fourth-order valence-electron chi connectivity index (χ4n) is 2.31. The number of pyridine rings is 1. The maximum absolute atomic E-state index is 12.4. The Morgan fingerprint density at radius 3 is 2.65 bits per heavy atom. The molecule has 0 spiro atoms. The van der Waals surface area contributed by atoms with Crippen molar-refractivity contribution >= 4 is 15.5 Å². The van der Waals surface area contributed by atoms with Gasteiger partial charge in [-0.25, -0.2) is 18.1 Å². The fourth-order valence-corrected chi connectivity index (χ4v) is 3.70. The Hall–Kier alpha value is -1.40. The first-order valence-corrected chi connectivity index (χ1v) is 8.34. The summed E-state index contributed by atoms with van der Waals surface area (Å²) in [6.07, 6.45) is 1.67. The summed E-state index contributed by atoms with van der Waals surface area (Å²) in [6, 6.07) is 5.46. The standard InChI is InChI=1S/C14H21N3O2S/c1-5-7-13-15-14(20(18,19)16-10(2)3)12-9-6-8-11(4)17(12)13/h6,8-10,16H,5,7H2,1-4H3. The molecule has 0 bridgehead atoms. The lowest BCUT2D eigenvalue weighted by Gasteiger charge is -2.07. The van der Waals surface area contributed by atoms with Crippen LogP contribution in [-0.2, 0) is 16.4 Å². The molecule has 0 saturated carbocycles. The Bertz CT molecular complexity index is 717. The SMILES string of the molecule is CCCc1nc(S(=O)(=O)NC(C)C)c2cccc(C)n12. The van der Waals surface area contributed by atoms with Gasteiger partial charge in [-0.05, 0) is 39.3 Å². The van der Waals surface area contributed by atoms with E-state index in [1.165, 1.54) is 0 Å². The second kappa shape index (κ2) is 5.54. The van der Waals surface area contributed by atoms with Gasteiger partial charge in [0, 0.05) is 18.2 Å². The normalized spacial score (nSPS) is 12.4. The van der Waals surface area contributed by atoms with Crippen molar-refractivity contribution in [2.45, 2.75) is 51.6 Å². The highest BCUT2D eigenvalue weighted by molar-refractivity contribution is 7.89. The summed E-state index contributed by atoms with van der Waals surface area (Å²) in [4.78, 5) is 4.38. The second-order valence-corrected chi connectivity index (χ2v) is 6.88. The highest BCUT2D eigenvalue weighted by Crippen LogP contribution is 2.21. The van der Waals surface area contributed by atoms with Crippen LogP contribution in [-0.4, -0.2) is 23.8 Å². The minimum absolute atomic E-state index is 0.123. The van der Waals surface area contributed by atoms with Crippen molar-refractivity contribution < 1.29 is 8.42 Å². The molecule has 20 heavy (non-hydrogen) atoms. The zero-order valence-electron chi connectivity index (χ0n) is 12.3. The lowest BCUT2D eigenvalue weighted by molar-refractivity contribution is 0.567. The monoisotopic (exact) mass is 295 g/mol. The van der Waals surface area contributed by atoms with Crippen molar-refractivity contribution in [3.8, 4) is 0 Å². The quantitative estimate of drug-likeness (QED) is 0.920. The molecule has 0 aromatic carbocycles. The number of fused-ring (bicyclic) bond motifs is 1. The summed E-state index contributed by atoms with van der Waals surface area (Å²) in [5, 5.41) is 0.123. The average molecular weight is 295 g/mol. The molecule has 2 aromatic rings. The van der Waals surface area contributed by atoms with E-state index in [0.29, 0.717) is 5.52 Å². The van der Waals surface area contributed by atoms with Crippen LogP contribution in [0.2, 0.25) is 0 Å². The summed E-state index contributed by atoms with van der Waals surface area (Å²) in [5.74, 6) is 0.796. The number of aromatic nitrogens is 2. The number of aryl methyl sites for hydroxylation is 2. The minimum atomic E-state index is -3.58. The topological polar surface area (TPSA) is 63.5 Å². The summed E-state index contributed by atoms with van der Waals surface area (Å²) < 4.78 is 29.3. The molecule has 2 aromatic heterocycles. The van der Waals surface area contributed by atoms with Crippen LogP contribution >= 0.6 is 0 Å². The molecule has 110 valence electrons. The van der Waals surface area contributed by atoms with Crippen molar-refractivity contribution in [2.24, 2.45) is 0 Å². The number of nitrogens with zero attached hydrogens (tertiary/aromatic N) is 2. The van der Waals surface area contributed by atoms with Crippen LogP contribution in [0.3, 0.4) is 0 Å². The Labute approximate surface area is 120 Å². The van der Waals surface area contributed by atoms with Crippen molar-refractivity contribution in [3.05, 3.63) is 29.7 Å². The number of nitrogens with one attached hydrogen (secondary N) is 1. The zero-order chi connectivity index (χ0) is 14.9. The van der Waals surface area contributed by atoms with E-state index in [9.17, 15) is 8.42 Å². The molecule has 1 N–H and O–H groups in total. The van der Waals surface area contributed by atoms with Gasteiger partial charge >= 0.3 is 0 Å². The molecule has 6 heteroatoms. The van der Waals surface area contributed by atoms with E-state index in [1.807, 2.05) is 23.5 Å². The molecule has 5 nitrogen and oxygen atoms in total. The molecule has 0 unspecified atom stereocenters. The molecular formula is C14H21N3O2S. The second-order valence-electron chi connectivity index (χ2n) is 5.25. The van der Waals surface area contributed by atoms with Gasteiger partial charge < -0.3 is 0 Å². The molecule has 2 heterocycles. The van der Waals surface area contributed by atoms with Crippen LogP contribution in [0.5, 0.6) is 0 Å². The van der Waals surface area contributed by atoms with Crippen LogP contribution in [0.4, 0.5) is 0 Å². The van der Waals surface area contributed by atoms with E-state index >= 15 is 0 Å². The number of hydrogen-bond donors (Lipinski definition) is 1. The molecule has 0 amide bonds. The van der Waals surface area contributed by atoms with Crippen LogP contribution in [0.25, 0.3) is 5.52 Å². The zero-order valence-corrected chi connectivity index (χ0v) is 13.2. The molecule has 0 fully saturated rings. The van der Waals surface area contributed by atoms with Gasteiger partial charge in [-0.3, -0.25) is 4.40 Å². The number of hydrogen-bond acceptors (Lipinski definition) is 3. The highest BCUT2D eigenvalue weighted by atomic mass is 32.2. The minimum Gasteiger partial charge on any atom is -0.300 e. The first-order chi connectivity index (χ1) is 9.36. The molecule has 0 saturated heterocycles. The molecular weight excluding hydrogens is 274 g/mol. The number of rotatable bonds is 5. The van der Waals surface area contributed by atoms with E-state index in [-0.39, 0.29) is 11.1 Å². The molecule has 0 radical (unpaired) electrons. The highest BCUT2D eigenvalue weighted by Gasteiger charge is 2.24. The lowest BCUT2D eigenvalue weighted by atomic mass is 10.3. The largest absolute Gasteiger partial charge is 0.300 e. The molecule has 2 rings (SSSR count). The Balaban J connectivity index is 2.69. The van der Waals surface area contributed by atoms with Crippen LogP contribution in [0.1, 0.15) is 38.7 Å². The maximum atomic E-state index is 12.4. The van der Waals surface area contributed by atoms with Crippen molar-refractivity contribution in [3.63, 3.8) is 0 Å². The first-order valence-electron chi connectivity index (χ1n) is 6.86. The van der Waals surface area contributed by atoms with E-state index in [2.05, 4.69) is 16.6 Å². The summed E-state index contributed by atoms with van der Waals surface area (Å²) in [5.41, 5.74) is 1.63. The van der Waals surface area contributed by atoms with Gasteiger partial charge in [-0.2, -0.15) is 0 Å². The summed E-state index contributed by atoms with van der Waals surface area (Å²) in [7, 11) is -3.58. The van der Waals surface area contributed by atoms with E-state index < -0.39 is 10.0 Å². The third kappa shape index (κ3) is 2.71. The van der Waals surface area contributed by atoms with E-state index in [0.717, 1.165) is 24.4 Å². The predicted molar refractivity (Wildman–Crippen MR) is 79.4 cm³/mol. The van der Waals surface area contributed by atoms with E-state index in [1.54, 1.807) is 19.9 Å². The molecule has 0 aliphatic heterocycles. The van der Waals surface area contributed by atoms with Gasteiger partial charge in [-0.15, -0.1) is 0 Å². The van der Waals surface area contributed by atoms with E-state index in [4.69, 9.17) is 0 Å². The Morgan fingerprint density at radius 1 is 1.35 bits per heavy atom. The molecule has 0 atom stereocenters. The van der Waals surface area contributed by atoms with Crippen LogP contribution in [0.15, 0.2) is 23.2 Å². The van der Waals surface area contributed by atoms with Gasteiger partial charge in [0.05, 0.1) is 5.52 Å². The van der Waals surface area contributed by atoms with Crippen LogP contribution < -0.4 is 4.72 Å². The van der Waals surface area contributed by atoms with Crippen molar-refractivity contribution in [1.29, 1.82) is 0 Å².